The van der Waals surface area contributed by atoms with Gasteiger partial charge in [-0.1, -0.05) is 5.92 Å². The number of aliphatic hydroxyl groups excluding tert-OH is 1. The predicted octanol–water partition coefficient (Wildman–Crippen LogP) is 0.369. The highest BCUT2D eigenvalue weighted by Crippen LogP contribution is 1.97. The molecule has 0 heterocycles. The summed E-state index contributed by atoms with van der Waals surface area (Å²) in [5.74, 6) is 2.57. The smallest absolute Gasteiger partial charge is 0.0742 e. The first kappa shape index (κ1) is 9.48. The number of terminal acetylenes is 1. The average Bonchev–Trinajstić information content (AvgIpc) is 1.85. The summed E-state index contributed by atoms with van der Waals surface area (Å²) < 4.78 is 0. The Morgan fingerprint density at radius 2 is 2.20 bits per heavy atom. The van der Waals surface area contributed by atoms with Crippen LogP contribution in [0.1, 0.15) is 20.8 Å². The van der Waals surface area contributed by atoms with Gasteiger partial charge in [0.15, 0.2) is 0 Å². The Hall–Kier alpha value is -0.520. The molecule has 0 fully saturated rings. The Labute approximate surface area is 62.6 Å². The van der Waals surface area contributed by atoms with Gasteiger partial charge in [-0.05, 0) is 20.8 Å². The number of hydrogen-bond donors (Lipinski definition) is 2. The molecular formula is C8H15NO. The Morgan fingerprint density at radius 1 is 1.70 bits per heavy atom. The molecule has 0 saturated heterocycles. The molecule has 0 unspecified atom stereocenters. The lowest BCUT2D eigenvalue weighted by molar-refractivity contribution is 0.183. The van der Waals surface area contributed by atoms with E-state index in [2.05, 4.69) is 11.2 Å². The second-order valence-electron chi connectivity index (χ2n) is 3.00. The van der Waals surface area contributed by atoms with Crippen LogP contribution in [0.15, 0.2) is 0 Å². The Kier molecular flexibility index (Phi) is 3.41. The van der Waals surface area contributed by atoms with Gasteiger partial charge >= 0.3 is 0 Å². The molecule has 0 aromatic rings. The first-order valence-electron chi connectivity index (χ1n) is 3.39. The van der Waals surface area contributed by atoms with Crippen molar-refractivity contribution in [3.63, 3.8) is 0 Å². The monoisotopic (exact) mass is 141 g/mol. The molecule has 0 aromatic carbocycles. The quantitative estimate of drug-likeness (QED) is 0.556. The highest BCUT2D eigenvalue weighted by atomic mass is 16.3. The molecule has 0 rings (SSSR count). The third kappa shape index (κ3) is 4.37. The van der Waals surface area contributed by atoms with Gasteiger partial charge < -0.3 is 5.11 Å². The van der Waals surface area contributed by atoms with E-state index in [1.54, 1.807) is 6.92 Å². The van der Waals surface area contributed by atoms with Crippen molar-refractivity contribution in [1.29, 1.82) is 0 Å². The van der Waals surface area contributed by atoms with Crippen LogP contribution < -0.4 is 5.32 Å². The molecule has 0 spiro atoms. The summed E-state index contributed by atoms with van der Waals surface area (Å²) in [4.78, 5) is 0. The summed E-state index contributed by atoms with van der Waals surface area (Å²) in [6, 6.07) is 0. The van der Waals surface area contributed by atoms with Gasteiger partial charge in [0.2, 0.25) is 0 Å². The molecule has 0 saturated carbocycles. The Morgan fingerprint density at radius 3 is 2.50 bits per heavy atom. The number of rotatable bonds is 3. The lowest BCUT2D eigenvalue weighted by Crippen LogP contribution is -2.41. The fraction of sp³-hybridized carbons (Fsp3) is 0.750. The maximum Gasteiger partial charge on any atom is 0.0742 e. The van der Waals surface area contributed by atoms with E-state index >= 15 is 0 Å². The molecule has 1 atom stereocenters. The van der Waals surface area contributed by atoms with E-state index in [0.717, 1.165) is 0 Å². The largest absolute Gasteiger partial charge is 0.392 e. The molecule has 0 bridgehead atoms. The number of nitrogens with one attached hydrogen (secondary N) is 1. The summed E-state index contributed by atoms with van der Waals surface area (Å²) in [5, 5.41) is 11.9. The van der Waals surface area contributed by atoms with Crippen LogP contribution in [0, 0.1) is 12.3 Å². The second kappa shape index (κ2) is 3.60. The zero-order chi connectivity index (χ0) is 8.20. The lowest BCUT2D eigenvalue weighted by Gasteiger charge is -2.20. The van der Waals surface area contributed by atoms with Crippen LogP contribution in [-0.2, 0) is 0 Å². The van der Waals surface area contributed by atoms with E-state index in [4.69, 9.17) is 11.5 Å². The number of β-amino-alcohol motifs (C(OH)–C–C–N with tert-alkyl or cyclic N) is 1. The van der Waals surface area contributed by atoms with Crippen LogP contribution in [0.4, 0.5) is 0 Å². The van der Waals surface area contributed by atoms with Crippen LogP contribution in [0.3, 0.4) is 0 Å². The molecule has 0 radical (unpaired) electrons. The molecule has 0 aromatic heterocycles. The molecule has 10 heavy (non-hydrogen) atoms. The molecule has 0 aliphatic heterocycles. The van der Waals surface area contributed by atoms with E-state index in [-0.39, 0.29) is 11.6 Å². The molecular weight excluding hydrogens is 126 g/mol. The van der Waals surface area contributed by atoms with Gasteiger partial charge in [0.25, 0.3) is 0 Å². The highest BCUT2D eigenvalue weighted by Gasteiger charge is 2.12. The Balaban J connectivity index is 3.60. The number of hydrogen-bond acceptors (Lipinski definition) is 2. The topological polar surface area (TPSA) is 32.3 Å². The van der Waals surface area contributed by atoms with Crippen LogP contribution in [-0.4, -0.2) is 23.3 Å². The van der Waals surface area contributed by atoms with Crippen molar-refractivity contribution in [1.82, 2.24) is 5.32 Å². The summed E-state index contributed by atoms with van der Waals surface area (Å²) in [7, 11) is 0. The van der Waals surface area contributed by atoms with Crippen molar-refractivity contribution in [2.75, 3.05) is 6.54 Å². The van der Waals surface area contributed by atoms with Gasteiger partial charge in [0, 0.05) is 6.54 Å². The van der Waals surface area contributed by atoms with E-state index in [1.165, 1.54) is 0 Å². The normalized spacial score (nSPS) is 14.3. The van der Waals surface area contributed by atoms with Gasteiger partial charge in [-0.15, -0.1) is 6.42 Å². The van der Waals surface area contributed by atoms with Crippen molar-refractivity contribution >= 4 is 0 Å². The molecule has 0 aliphatic carbocycles. The van der Waals surface area contributed by atoms with E-state index < -0.39 is 0 Å². The molecule has 2 N–H and O–H groups in total. The summed E-state index contributed by atoms with van der Waals surface area (Å²) >= 11 is 0. The average molecular weight is 141 g/mol. The molecule has 0 aliphatic rings. The minimum atomic E-state index is -0.340. The van der Waals surface area contributed by atoms with Crippen molar-refractivity contribution in [3.8, 4) is 12.3 Å². The van der Waals surface area contributed by atoms with Gasteiger partial charge in [0.05, 0.1) is 11.6 Å². The highest BCUT2D eigenvalue weighted by molar-refractivity contribution is 5.07. The molecule has 0 amide bonds. The van der Waals surface area contributed by atoms with Crippen molar-refractivity contribution in [3.05, 3.63) is 0 Å². The lowest BCUT2D eigenvalue weighted by atomic mass is 10.1. The first-order chi connectivity index (χ1) is 4.48. The van der Waals surface area contributed by atoms with Crippen molar-refractivity contribution in [2.24, 2.45) is 0 Å². The maximum absolute atomic E-state index is 8.88. The standard InChI is InChI=1S/C8H15NO/c1-5-8(3,4)9-6-7(2)10/h1,7,9-10H,6H2,2-4H3/t7-/m1/s1. The third-order valence-electron chi connectivity index (χ3n) is 1.20. The fourth-order valence-electron chi connectivity index (χ4n) is 0.454. The van der Waals surface area contributed by atoms with Gasteiger partial charge in [-0.3, -0.25) is 5.32 Å². The second-order valence-corrected chi connectivity index (χ2v) is 3.00. The predicted molar refractivity (Wildman–Crippen MR) is 42.6 cm³/mol. The van der Waals surface area contributed by atoms with Gasteiger partial charge in [-0.25, -0.2) is 0 Å². The fourth-order valence-corrected chi connectivity index (χ4v) is 0.454. The molecule has 58 valence electrons. The summed E-state index contributed by atoms with van der Waals surface area (Å²) in [6.45, 7) is 6.06. The number of aliphatic hydroxyl groups is 1. The first-order valence-corrected chi connectivity index (χ1v) is 3.39. The third-order valence-corrected chi connectivity index (χ3v) is 1.20. The van der Waals surface area contributed by atoms with Gasteiger partial charge in [0.1, 0.15) is 0 Å². The molecule has 2 nitrogen and oxygen atoms in total. The summed E-state index contributed by atoms with van der Waals surface area (Å²) in [6.07, 6.45) is 4.86. The van der Waals surface area contributed by atoms with E-state index in [9.17, 15) is 0 Å². The van der Waals surface area contributed by atoms with Crippen LogP contribution in [0.5, 0.6) is 0 Å². The van der Waals surface area contributed by atoms with E-state index in [0.29, 0.717) is 6.54 Å². The SMILES string of the molecule is C#CC(C)(C)NC[C@@H](C)O. The van der Waals surface area contributed by atoms with Crippen LogP contribution in [0.2, 0.25) is 0 Å². The minimum absolute atomic E-state index is 0.309. The van der Waals surface area contributed by atoms with Crippen LogP contribution >= 0.6 is 0 Å². The Bertz CT molecular complexity index is 133. The van der Waals surface area contributed by atoms with E-state index in [1.807, 2.05) is 13.8 Å². The zero-order valence-corrected chi connectivity index (χ0v) is 6.81. The maximum atomic E-state index is 8.88. The van der Waals surface area contributed by atoms with Gasteiger partial charge in [-0.2, -0.15) is 0 Å². The zero-order valence-electron chi connectivity index (χ0n) is 6.81. The van der Waals surface area contributed by atoms with Crippen molar-refractivity contribution < 1.29 is 5.11 Å². The summed E-state index contributed by atoms with van der Waals surface area (Å²) in [5.41, 5.74) is -0.309. The van der Waals surface area contributed by atoms with Crippen LogP contribution in [0.25, 0.3) is 0 Å². The minimum Gasteiger partial charge on any atom is -0.392 e. The van der Waals surface area contributed by atoms with Crippen molar-refractivity contribution in [2.45, 2.75) is 32.4 Å². The molecule has 2 heteroatoms.